The van der Waals surface area contributed by atoms with E-state index in [1.54, 1.807) is 20.8 Å². The zero-order valence-corrected chi connectivity index (χ0v) is 15.4. The van der Waals surface area contributed by atoms with Gasteiger partial charge in [-0.1, -0.05) is 12.1 Å². The van der Waals surface area contributed by atoms with Crippen LogP contribution in [-0.4, -0.2) is 44.8 Å². The maximum Gasteiger partial charge on any atom is 0.501 e. The summed E-state index contributed by atoms with van der Waals surface area (Å²) in [5.41, 5.74) is -6.08. The van der Waals surface area contributed by atoms with Crippen LogP contribution in [0.25, 0.3) is 0 Å². The van der Waals surface area contributed by atoms with E-state index in [1.165, 1.54) is 23.1 Å². The van der Waals surface area contributed by atoms with Gasteiger partial charge in [0.2, 0.25) is 0 Å². The lowest BCUT2D eigenvalue weighted by molar-refractivity contribution is -0.0435. The maximum absolute atomic E-state index is 12.9. The molecule has 10 heteroatoms. The minimum absolute atomic E-state index is 0.0293. The quantitative estimate of drug-likeness (QED) is 0.853. The molecule has 1 heterocycles. The molecule has 146 valence electrons. The van der Waals surface area contributed by atoms with Crippen LogP contribution in [0, 0.1) is 0 Å². The molecule has 0 saturated carbocycles. The average Bonchev–Trinajstić information content (AvgIpc) is 2.92. The highest BCUT2D eigenvalue weighted by atomic mass is 32.2. The van der Waals surface area contributed by atoms with Crippen LogP contribution >= 0.6 is 0 Å². The van der Waals surface area contributed by atoms with E-state index in [4.69, 9.17) is 4.74 Å². The summed E-state index contributed by atoms with van der Waals surface area (Å²) in [7, 11) is -5.46. The number of ether oxygens (including phenoxy) is 1. The number of amides is 1. The fraction of sp³-hybridized carbons (Fsp3) is 0.562. The van der Waals surface area contributed by atoms with E-state index in [2.05, 4.69) is 5.32 Å². The van der Waals surface area contributed by atoms with Crippen molar-refractivity contribution in [1.82, 2.24) is 5.32 Å². The Labute approximate surface area is 150 Å². The van der Waals surface area contributed by atoms with Crippen molar-refractivity contribution in [1.29, 1.82) is 0 Å². The van der Waals surface area contributed by atoms with Crippen molar-refractivity contribution in [3.05, 3.63) is 24.3 Å². The lowest BCUT2D eigenvalue weighted by atomic mass is 10.2. The van der Waals surface area contributed by atoms with Gasteiger partial charge in [-0.2, -0.15) is 13.2 Å². The minimum Gasteiger partial charge on any atom is -0.444 e. The number of halogens is 3. The molecule has 1 N–H and O–H groups in total. The van der Waals surface area contributed by atoms with Gasteiger partial charge in [0, 0.05) is 13.1 Å². The molecule has 0 spiro atoms. The Hall–Kier alpha value is -1.97. The first kappa shape index (κ1) is 20.3. The third kappa shape index (κ3) is 4.60. The van der Waals surface area contributed by atoms with Gasteiger partial charge in [0.25, 0.3) is 9.84 Å². The highest BCUT2D eigenvalue weighted by Gasteiger charge is 2.48. The number of carbonyl (C=O) groups is 1. The number of nitrogens with one attached hydrogen (secondary N) is 1. The van der Waals surface area contributed by atoms with E-state index >= 15 is 0 Å². The first-order chi connectivity index (χ1) is 11.8. The number of carbonyl (C=O) groups excluding carboxylic acids is 1. The van der Waals surface area contributed by atoms with Gasteiger partial charge in [-0.15, -0.1) is 0 Å². The summed E-state index contributed by atoms with van der Waals surface area (Å²) in [5.74, 6) is 0. The molecule has 1 amide bonds. The molecule has 0 aromatic heterocycles. The van der Waals surface area contributed by atoms with Gasteiger partial charge in [0.15, 0.2) is 0 Å². The van der Waals surface area contributed by atoms with Crippen LogP contribution in [-0.2, 0) is 14.6 Å². The van der Waals surface area contributed by atoms with Crippen LogP contribution in [0.4, 0.5) is 23.7 Å². The predicted molar refractivity (Wildman–Crippen MR) is 89.7 cm³/mol. The van der Waals surface area contributed by atoms with Crippen molar-refractivity contribution in [3.63, 3.8) is 0 Å². The van der Waals surface area contributed by atoms with Gasteiger partial charge in [-0.3, -0.25) is 0 Å². The Morgan fingerprint density at radius 3 is 2.42 bits per heavy atom. The molecular formula is C16H21F3N2O4S. The van der Waals surface area contributed by atoms with Crippen molar-refractivity contribution in [2.24, 2.45) is 0 Å². The van der Waals surface area contributed by atoms with E-state index < -0.39 is 31.9 Å². The Morgan fingerprint density at radius 2 is 1.85 bits per heavy atom. The topological polar surface area (TPSA) is 75.7 Å². The molecule has 0 aliphatic carbocycles. The maximum atomic E-state index is 12.9. The Balaban J connectivity index is 2.16. The molecule has 26 heavy (non-hydrogen) atoms. The molecular weight excluding hydrogens is 373 g/mol. The molecule has 0 bridgehead atoms. The number of hydrogen-bond acceptors (Lipinski definition) is 5. The number of rotatable bonds is 3. The number of benzene rings is 1. The van der Waals surface area contributed by atoms with Crippen LogP contribution in [0.2, 0.25) is 0 Å². The Bertz CT molecular complexity index is 772. The van der Waals surface area contributed by atoms with Crippen LogP contribution < -0.4 is 10.2 Å². The largest absolute Gasteiger partial charge is 0.501 e. The van der Waals surface area contributed by atoms with Crippen LogP contribution in [0.3, 0.4) is 0 Å². The third-order valence-electron chi connectivity index (χ3n) is 3.71. The van der Waals surface area contributed by atoms with E-state index in [0.717, 1.165) is 6.07 Å². The van der Waals surface area contributed by atoms with Gasteiger partial charge >= 0.3 is 11.6 Å². The van der Waals surface area contributed by atoms with E-state index in [0.29, 0.717) is 13.0 Å². The van der Waals surface area contributed by atoms with Gasteiger partial charge in [-0.05, 0) is 39.3 Å². The number of alkyl carbamates (subject to hydrolysis) is 1. The number of nitrogens with zero attached hydrogens (tertiary/aromatic N) is 1. The second-order valence-corrected chi connectivity index (χ2v) is 8.90. The van der Waals surface area contributed by atoms with Crippen molar-refractivity contribution < 1.29 is 31.1 Å². The van der Waals surface area contributed by atoms with E-state index in [9.17, 15) is 26.4 Å². The van der Waals surface area contributed by atoms with Crippen molar-refractivity contribution in [3.8, 4) is 0 Å². The van der Waals surface area contributed by atoms with Crippen molar-refractivity contribution in [2.75, 3.05) is 18.0 Å². The summed E-state index contributed by atoms with van der Waals surface area (Å²) in [6, 6.07) is 4.63. The fourth-order valence-electron chi connectivity index (χ4n) is 2.64. The van der Waals surface area contributed by atoms with Gasteiger partial charge in [0.05, 0.1) is 16.6 Å². The highest BCUT2D eigenvalue weighted by molar-refractivity contribution is 7.92. The Kier molecular flexibility index (Phi) is 5.46. The molecule has 1 aliphatic heterocycles. The fourth-order valence-corrected chi connectivity index (χ4v) is 3.62. The smallest absolute Gasteiger partial charge is 0.444 e. The normalized spacial score (nSPS) is 18.7. The van der Waals surface area contributed by atoms with E-state index in [1.807, 2.05) is 0 Å². The number of anilines is 1. The van der Waals surface area contributed by atoms with Crippen LogP contribution in [0.1, 0.15) is 27.2 Å². The second kappa shape index (κ2) is 6.98. The molecule has 1 fully saturated rings. The molecule has 6 nitrogen and oxygen atoms in total. The molecule has 1 aromatic carbocycles. The zero-order valence-electron chi connectivity index (χ0n) is 14.6. The summed E-state index contributed by atoms with van der Waals surface area (Å²) >= 11 is 0. The molecule has 2 rings (SSSR count). The SMILES string of the molecule is CC(C)(C)OC(=O)N[C@H]1CCN(c2ccccc2S(=O)(=O)C(F)(F)F)C1. The van der Waals surface area contributed by atoms with E-state index in [-0.39, 0.29) is 18.3 Å². The number of hydrogen-bond donors (Lipinski definition) is 1. The molecule has 0 unspecified atom stereocenters. The molecule has 1 aliphatic rings. The van der Waals surface area contributed by atoms with Crippen LogP contribution in [0.15, 0.2) is 29.2 Å². The van der Waals surface area contributed by atoms with Crippen molar-refractivity contribution in [2.45, 2.75) is 49.2 Å². The zero-order chi connectivity index (χ0) is 19.8. The number of para-hydroxylation sites is 1. The number of sulfone groups is 1. The van der Waals surface area contributed by atoms with Crippen LogP contribution in [0.5, 0.6) is 0 Å². The summed E-state index contributed by atoms with van der Waals surface area (Å²) in [5, 5.41) is 2.65. The first-order valence-corrected chi connectivity index (χ1v) is 9.44. The van der Waals surface area contributed by atoms with Gasteiger partial charge < -0.3 is 15.0 Å². The summed E-state index contributed by atoms with van der Waals surface area (Å²) < 4.78 is 67.5. The average molecular weight is 394 g/mol. The molecule has 0 radical (unpaired) electrons. The summed E-state index contributed by atoms with van der Waals surface area (Å²) in [6.45, 7) is 5.64. The van der Waals surface area contributed by atoms with Gasteiger partial charge in [0.1, 0.15) is 5.60 Å². The summed E-state index contributed by atoms with van der Waals surface area (Å²) in [6.07, 6.45) is -0.167. The predicted octanol–water partition coefficient (Wildman–Crippen LogP) is 3.08. The summed E-state index contributed by atoms with van der Waals surface area (Å²) in [4.78, 5) is 12.5. The minimum atomic E-state index is -5.46. The highest BCUT2D eigenvalue weighted by Crippen LogP contribution is 2.36. The monoisotopic (exact) mass is 394 g/mol. The molecule has 1 atom stereocenters. The molecule has 1 aromatic rings. The lowest BCUT2D eigenvalue weighted by Crippen LogP contribution is -2.40. The lowest BCUT2D eigenvalue weighted by Gasteiger charge is -2.24. The third-order valence-corrected chi connectivity index (χ3v) is 5.24. The number of alkyl halides is 3. The second-order valence-electron chi connectivity index (χ2n) is 6.99. The Morgan fingerprint density at radius 1 is 1.23 bits per heavy atom. The van der Waals surface area contributed by atoms with Gasteiger partial charge in [-0.25, -0.2) is 13.2 Å². The molecule has 1 saturated heterocycles. The van der Waals surface area contributed by atoms with Crippen molar-refractivity contribution >= 4 is 21.6 Å². The first-order valence-electron chi connectivity index (χ1n) is 7.96. The standard InChI is InChI=1S/C16H21F3N2O4S/c1-15(2,3)25-14(22)20-11-8-9-21(10-11)12-6-4-5-7-13(12)26(23,24)16(17,18)19/h4-7,11H,8-10H2,1-3H3,(H,20,22)/t11-/m0/s1.